The number of aryl methyl sites for hydroxylation is 3. The minimum Gasteiger partial charge on any atom is -0.455 e. The van der Waals surface area contributed by atoms with Crippen molar-refractivity contribution in [1.82, 2.24) is 5.43 Å². The molecule has 0 unspecified atom stereocenters. The maximum atomic E-state index is 13.0. The van der Waals surface area contributed by atoms with Gasteiger partial charge in [0.1, 0.15) is 5.76 Å². The number of carbonyl (C=O) groups excluding carboxylic acids is 2. The number of rotatable bonds is 4. The summed E-state index contributed by atoms with van der Waals surface area (Å²) in [6.07, 6.45) is 2.23. The van der Waals surface area contributed by atoms with Crippen molar-refractivity contribution in [3.05, 3.63) is 86.8 Å². The van der Waals surface area contributed by atoms with Crippen molar-refractivity contribution in [3.63, 3.8) is 0 Å². The van der Waals surface area contributed by atoms with Gasteiger partial charge >= 0.3 is 0 Å². The lowest BCUT2D eigenvalue weighted by Crippen LogP contribution is -2.22. The Morgan fingerprint density at radius 1 is 1.00 bits per heavy atom. The first-order valence-electron chi connectivity index (χ1n) is 10.5. The fourth-order valence-electron chi connectivity index (χ4n) is 3.83. The summed E-state index contributed by atoms with van der Waals surface area (Å²) >= 11 is 5.88. The van der Waals surface area contributed by atoms with Crippen molar-refractivity contribution < 1.29 is 14.0 Å². The number of nitrogens with one attached hydrogen (secondary N) is 2. The first kappa shape index (κ1) is 21.8. The van der Waals surface area contributed by atoms with E-state index in [0.717, 1.165) is 46.5 Å². The molecule has 7 heteroatoms. The summed E-state index contributed by atoms with van der Waals surface area (Å²) in [4.78, 5) is 25.4. The van der Waals surface area contributed by atoms with Gasteiger partial charge in [0.05, 0.1) is 5.71 Å². The van der Waals surface area contributed by atoms with Crippen molar-refractivity contribution in [2.24, 2.45) is 5.10 Å². The average molecular weight is 450 g/mol. The molecule has 0 saturated heterocycles. The lowest BCUT2D eigenvalue weighted by Gasteiger charge is -2.13. The van der Waals surface area contributed by atoms with Crippen molar-refractivity contribution in [2.75, 3.05) is 5.32 Å². The second kappa shape index (κ2) is 9.01. The Morgan fingerprint density at radius 3 is 2.50 bits per heavy atom. The number of carbonyl (C=O) groups is 2. The number of hydrogen-bond donors (Lipinski definition) is 2. The van der Waals surface area contributed by atoms with Gasteiger partial charge in [0.2, 0.25) is 0 Å². The van der Waals surface area contributed by atoms with Crippen LogP contribution in [0.5, 0.6) is 0 Å². The summed E-state index contributed by atoms with van der Waals surface area (Å²) in [6.45, 7) is 5.78. The molecule has 1 aliphatic carbocycles. The Morgan fingerprint density at radius 2 is 1.75 bits per heavy atom. The van der Waals surface area contributed by atoms with Crippen LogP contribution in [0.1, 0.15) is 61.8 Å². The van der Waals surface area contributed by atoms with E-state index in [-0.39, 0.29) is 17.6 Å². The number of hydrogen-bond acceptors (Lipinski definition) is 4. The quantitative estimate of drug-likeness (QED) is 0.510. The van der Waals surface area contributed by atoms with Gasteiger partial charge in [-0.25, -0.2) is 5.43 Å². The summed E-state index contributed by atoms with van der Waals surface area (Å²) in [5.74, 6) is 0.374. The van der Waals surface area contributed by atoms with E-state index in [4.69, 9.17) is 16.0 Å². The van der Waals surface area contributed by atoms with Crippen molar-refractivity contribution >= 4 is 34.8 Å². The highest BCUT2D eigenvalue weighted by Gasteiger charge is 2.28. The molecule has 164 valence electrons. The van der Waals surface area contributed by atoms with Crippen LogP contribution in [0.15, 0.2) is 52.0 Å². The van der Waals surface area contributed by atoms with Gasteiger partial charge in [-0.3, -0.25) is 9.59 Å². The fraction of sp³-hybridized carbons (Fsp3) is 0.240. The number of hydrazone groups is 1. The van der Waals surface area contributed by atoms with Crippen LogP contribution in [0.2, 0.25) is 5.02 Å². The Kier molecular flexibility index (Phi) is 6.15. The summed E-state index contributed by atoms with van der Waals surface area (Å²) in [6, 6.07) is 12.5. The molecule has 1 aromatic heterocycles. The maximum Gasteiger partial charge on any atom is 0.291 e. The highest BCUT2D eigenvalue weighted by atomic mass is 35.5. The second-order valence-electron chi connectivity index (χ2n) is 7.99. The zero-order valence-corrected chi connectivity index (χ0v) is 19.0. The molecule has 6 nitrogen and oxygen atoms in total. The van der Waals surface area contributed by atoms with E-state index >= 15 is 0 Å². The normalized spacial score (nSPS) is 14.2. The zero-order chi connectivity index (χ0) is 22.8. The maximum absolute atomic E-state index is 13.0. The molecule has 0 spiro atoms. The first-order chi connectivity index (χ1) is 15.3. The standard InChI is InChI=1S/C25H24ClN3O3/c1-14-7-8-15(2)20(13-14)27-25(31)23-16(3)22-19(5-4-6-21(22)32-23)28-29-24(30)17-9-11-18(26)12-10-17/h7-13H,4-6H2,1-3H3,(H,27,31)(H,29,30)/b28-19+. The van der Waals surface area contributed by atoms with Gasteiger partial charge in [0.25, 0.3) is 11.8 Å². The number of halogens is 1. The third-order valence-corrected chi connectivity index (χ3v) is 5.82. The summed E-state index contributed by atoms with van der Waals surface area (Å²) in [5.41, 5.74) is 8.11. The van der Waals surface area contributed by atoms with Crippen LogP contribution in [0.4, 0.5) is 5.69 Å². The monoisotopic (exact) mass is 449 g/mol. The fourth-order valence-corrected chi connectivity index (χ4v) is 3.96. The number of nitrogens with zero attached hydrogens (tertiary/aromatic N) is 1. The van der Waals surface area contributed by atoms with Crippen LogP contribution in [0.25, 0.3) is 0 Å². The molecule has 0 aliphatic heterocycles. The van der Waals surface area contributed by atoms with E-state index in [1.54, 1.807) is 24.3 Å². The van der Waals surface area contributed by atoms with Gasteiger partial charge in [-0.1, -0.05) is 23.7 Å². The highest BCUT2D eigenvalue weighted by Crippen LogP contribution is 2.30. The lowest BCUT2D eigenvalue weighted by atomic mass is 9.93. The summed E-state index contributed by atoms with van der Waals surface area (Å²) < 4.78 is 5.96. The van der Waals surface area contributed by atoms with Crippen LogP contribution in [-0.4, -0.2) is 17.5 Å². The third-order valence-electron chi connectivity index (χ3n) is 5.57. The highest BCUT2D eigenvalue weighted by molar-refractivity contribution is 6.30. The summed E-state index contributed by atoms with van der Waals surface area (Å²) in [7, 11) is 0. The largest absolute Gasteiger partial charge is 0.455 e. The number of benzene rings is 2. The predicted molar refractivity (Wildman–Crippen MR) is 126 cm³/mol. The summed E-state index contributed by atoms with van der Waals surface area (Å²) in [5, 5.41) is 7.87. The second-order valence-corrected chi connectivity index (χ2v) is 8.42. The van der Waals surface area contributed by atoms with Gasteiger partial charge in [0, 0.05) is 33.8 Å². The number of anilines is 1. The van der Waals surface area contributed by atoms with Crippen LogP contribution in [-0.2, 0) is 6.42 Å². The molecule has 2 N–H and O–H groups in total. The van der Waals surface area contributed by atoms with Gasteiger partial charge in [-0.15, -0.1) is 0 Å². The molecule has 3 aromatic rings. The van der Waals surface area contributed by atoms with Crippen LogP contribution < -0.4 is 10.7 Å². The third kappa shape index (κ3) is 4.46. The Balaban J connectivity index is 1.57. The van der Waals surface area contributed by atoms with E-state index in [0.29, 0.717) is 22.7 Å². The topological polar surface area (TPSA) is 83.7 Å². The molecular formula is C25H24ClN3O3. The van der Waals surface area contributed by atoms with Crippen molar-refractivity contribution in [3.8, 4) is 0 Å². The van der Waals surface area contributed by atoms with Crippen molar-refractivity contribution in [1.29, 1.82) is 0 Å². The minimum absolute atomic E-state index is 0.273. The molecule has 0 fully saturated rings. The molecule has 2 amide bonds. The molecule has 0 bridgehead atoms. The van der Waals surface area contributed by atoms with Crippen LogP contribution >= 0.6 is 11.6 Å². The van der Waals surface area contributed by atoms with E-state index in [2.05, 4.69) is 15.8 Å². The first-order valence-corrected chi connectivity index (χ1v) is 10.8. The van der Waals surface area contributed by atoms with E-state index in [9.17, 15) is 9.59 Å². The van der Waals surface area contributed by atoms with E-state index in [1.807, 2.05) is 39.0 Å². The smallest absolute Gasteiger partial charge is 0.291 e. The molecule has 4 rings (SSSR count). The lowest BCUT2D eigenvalue weighted by molar-refractivity contribution is 0.0953. The molecule has 1 aliphatic rings. The SMILES string of the molecule is Cc1ccc(C)c(NC(=O)c2oc3c(c2C)/C(=N/NC(=O)c2ccc(Cl)cc2)CCC3)c1. The molecule has 0 radical (unpaired) electrons. The molecule has 0 atom stereocenters. The van der Waals surface area contributed by atoms with Gasteiger partial charge in [-0.05, 0) is 75.1 Å². The number of amides is 2. The Bertz CT molecular complexity index is 1230. The molecule has 0 saturated carbocycles. The minimum atomic E-state index is -0.324. The van der Waals surface area contributed by atoms with Gasteiger partial charge in [0.15, 0.2) is 5.76 Å². The van der Waals surface area contributed by atoms with E-state index < -0.39 is 0 Å². The van der Waals surface area contributed by atoms with E-state index in [1.165, 1.54) is 0 Å². The number of furan rings is 1. The molecule has 1 heterocycles. The predicted octanol–water partition coefficient (Wildman–Crippen LogP) is 5.58. The number of fused-ring (bicyclic) bond motifs is 1. The van der Waals surface area contributed by atoms with Gasteiger partial charge in [-0.2, -0.15) is 5.10 Å². The molecular weight excluding hydrogens is 426 g/mol. The van der Waals surface area contributed by atoms with Gasteiger partial charge < -0.3 is 9.73 Å². The molecule has 2 aromatic carbocycles. The van der Waals surface area contributed by atoms with Crippen molar-refractivity contribution in [2.45, 2.75) is 40.0 Å². The zero-order valence-electron chi connectivity index (χ0n) is 18.2. The Hall–Kier alpha value is -3.38. The Labute approximate surface area is 191 Å². The van der Waals surface area contributed by atoms with Crippen LogP contribution in [0.3, 0.4) is 0 Å². The molecule has 32 heavy (non-hydrogen) atoms. The van der Waals surface area contributed by atoms with Crippen LogP contribution in [0, 0.1) is 20.8 Å². The average Bonchev–Trinajstić information content (AvgIpc) is 3.12.